The monoisotopic (exact) mass is 528 g/mol. The molecular formula is C26H45N2O7P. The molecule has 0 fully saturated rings. The van der Waals surface area contributed by atoms with Crippen LogP contribution in [0.2, 0.25) is 0 Å². The fourth-order valence-corrected chi connectivity index (χ4v) is 4.97. The summed E-state index contributed by atoms with van der Waals surface area (Å²) >= 11 is 0. The van der Waals surface area contributed by atoms with Crippen molar-refractivity contribution in [3.63, 3.8) is 0 Å². The summed E-state index contributed by atoms with van der Waals surface area (Å²) < 4.78 is 29.2. The molecule has 2 heterocycles. The second-order valence-electron chi connectivity index (χ2n) is 9.62. The van der Waals surface area contributed by atoms with E-state index in [1.807, 2.05) is 0 Å². The zero-order valence-electron chi connectivity index (χ0n) is 22.0. The van der Waals surface area contributed by atoms with Gasteiger partial charge in [0.2, 0.25) is 0 Å². The van der Waals surface area contributed by atoms with Crippen LogP contribution >= 0.6 is 7.82 Å². The highest BCUT2D eigenvalue weighted by Crippen LogP contribution is 2.44. The first-order chi connectivity index (χ1) is 17.3. The minimum absolute atomic E-state index is 0.168. The highest BCUT2D eigenvalue weighted by atomic mass is 31.2. The summed E-state index contributed by atoms with van der Waals surface area (Å²) in [5.41, 5.74) is -0.663. The fraction of sp³-hybridized carbons (Fsp3) is 0.769. The Labute approximate surface area is 214 Å². The Kier molecular flexibility index (Phi) is 14.6. The molecule has 9 nitrogen and oxygen atoms in total. The summed E-state index contributed by atoms with van der Waals surface area (Å²) in [6.07, 6.45) is 20.7. The second-order valence-corrected chi connectivity index (χ2v) is 11.1. The summed E-state index contributed by atoms with van der Waals surface area (Å²) in [4.78, 5) is 35.6. The number of aryl methyl sites for hydroxylation is 1. The van der Waals surface area contributed by atoms with Gasteiger partial charge in [0.05, 0.1) is 13.2 Å². The molecule has 1 aromatic heterocycles. The number of H-pyrrole nitrogens is 1. The molecule has 1 aromatic rings. The lowest BCUT2D eigenvalue weighted by Gasteiger charge is -2.18. The van der Waals surface area contributed by atoms with Crippen LogP contribution in [0.25, 0.3) is 0 Å². The van der Waals surface area contributed by atoms with E-state index in [1.165, 1.54) is 81.4 Å². The van der Waals surface area contributed by atoms with Crippen LogP contribution in [0.4, 0.5) is 0 Å². The molecule has 0 amide bonds. The van der Waals surface area contributed by atoms with Crippen LogP contribution in [-0.2, 0) is 18.3 Å². The first-order valence-corrected chi connectivity index (χ1v) is 15.1. The molecule has 206 valence electrons. The van der Waals surface area contributed by atoms with Crippen LogP contribution in [0.5, 0.6) is 0 Å². The van der Waals surface area contributed by atoms with Gasteiger partial charge < -0.3 is 9.63 Å². The van der Waals surface area contributed by atoms with Crippen molar-refractivity contribution in [2.45, 2.75) is 116 Å². The van der Waals surface area contributed by atoms with E-state index in [0.717, 1.165) is 12.8 Å². The number of phosphoric acid groups is 1. The molecule has 0 bridgehead atoms. The van der Waals surface area contributed by atoms with E-state index < -0.39 is 31.4 Å². The SMILES string of the molecule is CCCCCCCCCCCCCCCCOP(=O)(O)OC[C@@H]1C=C[C@H](n2cc(C)c(=O)[nH]c2=O)O1. The molecule has 36 heavy (non-hydrogen) atoms. The molecule has 0 aliphatic carbocycles. The maximum absolute atomic E-state index is 12.1. The maximum atomic E-state index is 12.1. The minimum atomic E-state index is -4.18. The van der Waals surface area contributed by atoms with Crippen molar-refractivity contribution in [1.29, 1.82) is 0 Å². The van der Waals surface area contributed by atoms with Gasteiger partial charge in [-0.3, -0.25) is 23.4 Å². The van der Waals surface area contributed by atoms with Crippen molar-refractivity contribution in [2.75, 3.05) is 13.2 Å². The van der Waals surface area contributed by atoms with Gasteiger partial charge in [-0.1, -0.05) is 96.5 Å². The summed E-state index contributed by atoms with van der Waals surface area (Å²) in [6, 6.07) is 0. The van der Waals surface area contributed by atoms with Gasteiger partial charge in [-0.2, -0.15) is 0 Å². The van der Waals surface area contributed by atoms with Crippen LogP contribution in [0.3, 0.4) is 0 Å². The Morgan fingerprint density at radius 2 is 1.47 bits per heavy atom. The molecule has 10 heteroatoms. The normalized spacial score (nSPS) is 19.1. The lowest BCUT2D eigenvalue weighted by Crippen LogP contribution is -2.33. The number of nitrogens with one attached hydrogen (secondary N) is 1. The van der Waals surface area contributed by atoms with Crippen molar-refractivity contribution in [1.82, 2.24) is 9.55 Å². The highest BCUT2D eigenvalue weighted by molar-refractivity contribution is 7.47. The van der Waals surface area contributed by atoms with E-state index in [0.29, 0.717) is 12.0 Å². The van der Waals surface area contributed by atoms with Crippen LogP contribution in [0.15, 0.2) is 27.9 Å². The third kappa shape index (κ3) is 12.2. The number of unbranched alkanes of at least 4 members (excludes halogenated alkanes) is 13. The predicted molar refractivity (Wildman–Crippen MR) is 141 cm³/mol. The first kappa shape index (κ1) is 30.7. The topological polar surface area (TPSA) is 120 Å². The van der Waals surface area contributed by atoms with Gasteiger partial charge in [0.15, 0.2) is 6.23 Å². The molecular weight excluding hydrogens is 483 g/mol. The predicted octanol–water partition coefficient (Wildman–Crippen LogP) is 5.91. The number of nitrogens with zero attached hydrogens (tertiary/aromatic N) is 1. The maximum Gasteiger partial charge on any atom is 0.472 e. The van der Waals surface area contributed by atoms with E-state index in [2.05, 4.69) is 11.9 Å². The lowest BCUT2D eigenvalue weighted by molar-refractivity contribution is -0.0125. The van der Waals surface area contributed by atoms with Gasteiger partial charge in [-0.25, -0.2) is 9.36 Å². The smallest absolute Gasteiger partial charge is 0.344 e. The summed E-state index contributed by atoms with van der Waals surface area (Å²) in [6.45, 7) is 3.82. The van der Waals surface area contributed by atoms with Crippen molar-refractivity contribution in [2.24, 2.45) is 0 Å². The molecule has 3 atom stereocenters. The number of hydrogen-bond acceptors (Lipinski definition) is 6. The van der Waals surface area contributed by atoms with Crippen molar-refractivity contribution in [3.05, 3.63) is 44.8 Å². The van der Waals surface area contributed by atoms with Gasteiger partial charge in [0.25, 0.3) is 5.56 Å². The average Bonchev–Trinajstić information content (AvgIpc) is 3.31. The molecule has 0 radical (unpaired) electrons. The van der Waals surface area contributed by atoms with Gasteiger partial charge in [0.1, 0.15) is 6.10 Å². The Balaban J connectivity index is 1.48. The summed E-state index contributed by atoms with van der Waals surface area (Å²) in [5.74, 6) is 0. The fourth-order valence-electron chi connectivity index (χ4n) is 4.20. The highest BCUT2D eigenvalue weighted by Gasteiger charge is 2.27. The van der Waals surface area contributed by atoms with E-state index in [-0.39, 0.29) is 13.2 Å². The Morgan fingerprint density at radius 1 is 0.917 bits per heavy atom. The average molecular weight is 529 g/mol. The number of aromatic amines is 1. The van der Waals surface area contributed by atoms with Crippen molar-refractivity contribution >= 4 is 7.82 Å². The van der Waals surface area contributed by atoms with E-state index in [4.69, 9.17) is 13.8 Å². The van der Waals surface area contributed by atoms with Gasteiger partial charge in [-0.05, 0) is 19.4 Å². The zero-order chi connectivity index (χ0) is 26.2. The second kappa shape index (κ2) is 17.1. The van der Waals surface area contributed by atoms with Gasteiger partial charge >= 0.3 is 13.5 Å². The molecule has 0 aromatic carbocycles. The standard InChI is InChI=1S/C26H45N2O7P/c1-3-4-5-6-7-8-9-10-11-12-13-14-15-16-19-33-36(31,32)34-21-23-17-18-24(35-23)28-20-22(2)25(29)27-26(28)30/h17-18,20,23-24H,3-16,19,21H2,1-2H3,(H,31,32)(H,27,29,30)/t23-,24+/m0/s1. The largest absolute Gasteiger partial charge is 0.472 e. The van der Waals surface area contributed by atoms with Crippen LogP contribution in [0, 0.1) is 6.92 Å². The Bertz CT molecular complexity index is 943. The number of ether oxygens (including phenoxy) is 1. The number of rotatable bonds is 20. The zero-order valence-corrected chi connectivity index (χ0v) is 22.9. The Morgan fingerprint density at radius 3 is 2.06 bits per heavy atom. The molecule has 0 spiro atoms. The molecule has 0 saturated heterocycles. The van der Waals surface area contributed by atoms with Gasteiger partial charge in [-0.15, -0.1) is 0 Å². The summed E-state index contributed by atoms with van der Waals surface area (Å²) in [5, 5.41) is 0. The molecule has 1 unspecified atom stereocenters. The number of phosphoric ester groups is 1. The third-order valence-corrected chi connectivity index (χ3v) is 7.36. The molecule has 2 rings (SSSR count). The Hall–Kier alpha value is -1.51. The van der Waals surface area contributed by atoms with E-state index >= 15 is 0 Å². The molecule has 1 aliphatic rings. The quantitative estimate of drug-likeness (QED) is 0.123. The molecule has 1 aliphatic heterocycles. The number of aromatic nitrogens is 2. The van der Waals surface area contributed by atoms with Gasteiger partial charge in [0, 0.05) is 11.8 Å². The van der Waals surface area contributed by atoms with Crippen LogP contribution in [0.1, 0.15) is 109 Å². The summed E-state index contributed by atoms with van der Waals surface area (Å²) in [7, 11) is -4.18. The first-order valence-electron chi connectivity index (χ1n) is 13.6. The van der Waals surface area contributed by atoms with Crippen molar-refractivity contribution in [3.8, 4) is 0 Å². The molecule has 2 N–H and O–H groups in total. The lowest BCUT2D eigenvalue weighted by atomic mass is 10.0. The van der Waals surface area contributed by atoms with Crippen LogP contribution in [-0.4, -0.2) is 33.8 Å². The third-order valence-electron chi connectivity index (χ3n) is 6.38. The van der Waals surface area contributed by atoms with E-state index in [1.54, 1.807) is 19.1 Å². The van der Waals surface area contributed by atoms with Crippen molar-refractivity contribution < 1.29 is 23.2 Å². The van der Waals surface area contributed by atoms with Crippen LogP contribution < -0.4 is 11.2 Å². The number of hydrogen-bond donors (Lipinski definition) is 2. The molecule has 0 saturated carbocycles. The minimum Gasteiger partial charge on any atom is -0.344 e. The van der Waals surface area contributed by atoms with E-state index in [9.17, 15) is 19.0 Å².